The predicted octanol–water partition coefficient (Wildman–Crippen LogP) is 1.00. The molecule has 0 fully saturated rings. The maximum atomic E-state index is 12.4. The van der Waals surface area contributed by atoms with E-state index < -0.39 is 0 Å². The highest BCUT2D eigenvalue weighted by atomic mass is 16.2. The highest BCUT2D eigenvalue weighted by Crippen LogP contribution is 2.28. The first-order chi connectivity index (χ1) is 14.8. The van der Waals surface area contributed by atoms with E-state index in [1.165, 1.54) is 0 Å². The van der Waals surface area contributed by atoms with Crippen LogP contribution < -0.4 is 39.0 Å². The SMILES string of the molecule is CC(=NN=C(N)N)c1ccc(NC(=O)Nc2ccc3c(c2)CC=C3NN=C(N)N)cc1. The molecule has 11 heteroatoms. The summed E-state index contributed by atoms with van der Waals surface area (Å²) in [4.78, 5) is 12.4. The summed E-state index contributed by atoms with van der Waals surface area (Å²) in [5, 5.41) is 17.0. The van der Waals surface area contributed by atoms with Gasteiger partial charge in [-0.05, 0) is 48.7 Å². The molecule has 11 nitrogen and oxygen atoms in total. The van der Waals surface area contributed by atoms with Gasteiger partial charge in [0.2, 0.25) is 11.9 Å². The van der Waals surface area contributed by atoms with Crippen LogP contribution in [0.2, 0.25) is 0 Å². The third-order valence-corrected chi connectivity index (χ3v) is 4.36. The van der Waals surface area contributed by atoms with E-state index >= 15 is 0 Å². The summed E-state index contributed by atoms with van der Waals surface area (Å²) < 4.78 is 0. The normalized spacial score (nSPS) is 12.3. The lowest BCUT2D eigenvalue weighted by molar-refractivity contribution is 0.262. The van der Waals surface area contributed by atoms with Crippen molar-refractivity contribution in [2.24, 2.45) is 38.2 Å². The third-order valence-electron chi connectivity index (χ3n) is 4.36. The lowest BCUT2D eigenvalue weighted by Crippen LogP contribution is -2.25. The first kappa shape index (κ1) is 21.2. The number of allylic oxidation sites excluding steroid dienone is 1. The van der Waals surface area contributed by atoms with Crippen LogP contribution in [0.1, 0.15) is 23.6 Å². The van der Waals surface area contributed by atoms with Crippen molar-refractivity contribution in [3.05, 3.63) is 65.2 Å². The minimum absolute atomic E-state index is 0.0476. The number of rotatable bonds is 6. The average molecular weight is 420 g/mol. The van der Waals surface area contributed by atoms with Gasteiger partial charge in [-0.2, -0.15) is 5.10 Å². The molecule has 2 aromatic carbocycles. The number of urea groups is 1. The standard InChI is InChI=1S/C20H24N10O/c1-11(27-29-18(21)22)12-2-5-14(6-3-12)25-20(31)26-15-7-8-16-13(10-15)4-9-17(16)28-30-19(23)24/h2-3,5-10,28H,4H2,1H3,(H4,21,22,29)(H4,23,24,30)(H2,25,26,31). The molecule has 2 amide bonds. The number of nitrogens with one attached hydrogen (secondary N) is 3. The fourth-order valence-electron chi connectivity index (χ4n) is 2.93. The number of hydrogen-bond acceptors (Lipinski definition) is 5. The van der Waals surface area contributed by atoms with Crippen LogP contribution in [0, 0.1) is 0 Å². The van der Waals surface area contributed by atoms with Crippen LogP contribution in [-0.4, -0.2) is 23.7 Å². The number of hydrogen-bond donors (Lipinski definition) is 7. The van der Waals surface area contributed by atoms with Gasteiger partial charge in [0.25, 0.3) is 0 Å². The van der Waals surface area contributed by atoms with E-state index in [1.54, 1.807) is 25.1 Å². The summed E-state index contributed by atoms with van der Waals surface area (Å²) in [6, 6.07) is 12.4. The van der Waals surface area contributed by atoms with Gasteiger partial charge in [0.15, 0.2) is 0 Å². The van der Waals surface area contributed by atoms with E-state index in [0.29, 0.717) is 23.5 Å². The molecule has 2 aromatic rings. The monoisotopic (exact) mass is 420 g/mol. The van der Waals surface area contributed by atoms with Gasteiger partial charge in [-0.3, -0.25) is 5.43 Å². The second-order valence-corrected chi connectivity index (χ2v) is 6.71. The van der Waals surface area contributed by atoms with Crippen molar-refractivity contribution in [2.75, 3.05) is 10.6 Å². The van der Waals surface area contributed by atoms with Crippen LogP contribution in [0.5, 0.6) is 0 Å². The van der Waals surface area contributed by atoms with Crippen molar-refractivity contribution in [3.63, 3.8) is 0 Å². The zero-order valence-corrected chi connectivity index (χ0v) is 16.9. The number of nitrogens with two attached hydrogens (primary N) is 4. The molecule has 0 bridgehead atoms. The zero-order chi connectivity index (χ0) is 22.4. The molecule has 0 heterocycles. The van der Waals surface area contributed by atoms with E-state index in [4.69, 9.17) is 22.9 Å². The summed E-state index contributed by atoms with van der Waals surface area (Å²) >= 11 is 0. The fourth-order valence-corrected chi connectivity index (χ4v) is 2.93. The van der Waals surface area contributed by atoms with Gasteiger partial charge < -0.3 is 33.6 Å². The Balaban J connectivity index is 1.60. The summed E-state index contributed by atoms with van der Waals surface area (Å²) in [7, 11) is 0. The van der Waals surface area contributed by atoms with E-state index in [0.717, 1.165) is 22.4 Å². The molecule has 1 aliphatic rings. The Morgan fingerprint density at radius 2 is 1.58 bits per heavy atom. The quantitative estimate of drug-likeness (QED) is 0.207. The summed E-state index contributed by atoms with van der Waals surface area (Å²) in [5.74, 6) is -0.161. The zero-order valence-electron chi connectivity index (χ0n) is 16.9. The van der Waals surface area contributed by atoms with Gasteiger partial charge in [-0.15, -0.1) is 10.2 Å². The molecule has 11 N–H and O–H groups in total. The topological polar surface area (TPSA) is 194 Å². The Labute approximate surface area is 179 Å². The molecule has 31 heavy (non-hydrogen) atoms. The Hall–Kier alpha value is -4.54. The number of amides is 2. The Morgan fingerprint density at radius 1 is 0.903 bits per heavy atom. The van der Waals surface area contributed by atoms with Crippen molar-refractivity contribution in [1.29, 1.82) is 0 Å². The van der Waals surface area contributed by atoms with Crippen molar-refractivity contribution >= 4 is 40.7 Å². The van der Waals surface area contributed by atoms with Crippen LogP contribution in [0.3, 0.4) is 0 Å². The van der Waals surface area contributed by atoms with Crippen LogP contribution in [0.25, 0.3) is 5.70 Å². The maximum Gasteiger partial charge on any atom is 0.323 e. The second-order valence-electron chi connectivity index (χ2n) is 6.71. The van der Waals surface area contributed by atoms with Crippen LogP contribution >= 0.6 is 0 Å². The molecule has 0 aromatic heterocycles. The fraction of sp³-hybridized carbons (Fsp3) is 0.100. The van der Waals surface area contributed by atoms with Crippen LogP contribution in [-0.2, 0) is 6.42 Å². The number of guanidine groups is 2. The molecule has 0 unspecified atom stereocenters. The van der Waals surface area contributed by atoms with Gasteiger partial charge in [0.1, 0.15) is 0 Å². The number of hydrazone groups is 1. The molecule has 1 aliphatic carbocycles. The number of benzene rings is 2. The highest BCUT2D eigenvalue weighted by Gasteiger charge is 2.15. The molecule has 0 saturated heterocycles. The first-order valence-electron chi connectivity index (χ1n) is 9.31. The van der Waals surface area contributed by atoms with Gasteiger partial charge >= 0.3 is 6.03 Å². The third kappa shape index (κ3) is 5.73. The molecule has 0 radical (unpaired) electrons. The smallest absolute Gasteiger partial charge is 0.323 e. The Morgan fingerprint density at radius 3 is 2.26 bits per heavy atom. The molecular formula is C20H24N10O. The summed E-state index contributed by atoms with van der Waals surface area (Å²) in [6.45, 7) is 1.78. The molecule has 160 valence electrons. The lowest BCUT2D eigenvalue weighted by atomic mass is 10.1. The molecule has 0 spiro atoms. The van der Waals surface area contributed by atoms with Gasteiger partial charge in [0.05, 0.1) is 11.4 Å². The van der Waals surface area contributed by atoms with Crippen LogP contribution in [0.15, 0.2) is 63.8 Å². The highest BCUT2D eigenvalue weighted by molar-refractivity contribution is 6.02. The second kappa shape index (κ2) is 9.31. The van der Waals surface area contributed by atoms with E-state index in [2.05, 4.69) is 31.4 Å². The molecule has 0 saturated carbocycles. The minimum Gasteiger partial charge on any atom is -0.369 e. The average Bonchev–Trinajstić information content (AvgIpc) is 3.13. The first-order valence-corrected chi connectivity index (χ1v) is 9.31. The summed E-state index contributed by atoms with van der Waals surface area (Å²) in [5.41, 5.74) is 29.7. The Bertz CT molecular complexity index is 1090. The number of carbonyl (C=O) groups is 1. The van der Waals surface area contributed by atoms with E-state index in [-0.39, 0.29) is 18.0 Å². The number of anilines is 2. The van der Waals surface area contributed by atoms with Crippen molar-refractivity contribution < 1.29 is 4.79 Å². The predicted molar refractivity (Wildman–Crippen MR) is 124 cm³/mol. The van der Waals surface area contributed by atoms with Crippen LogP contribution in [0.4, 0.5) is 16.2 Å². The molecule has 3 rings (SSSR count). The van der Waals surface area contributed by atoms with E-state index in [9.17, 15) is 4.79 Å². The minimum atomic E-state index is -0.358. The number of carbonyl (C=O) groups excluding carboxylic acids is 1. The largest absolute Gasteiger partial charge is 0.369 e. The van der Waals surface area contributed by atoms with Gasteiger partial charge in [-0.1, -0.05) is 24.3 Å². The van der Waals surface area contributed by atoms with E-state index in [1.807, 2.05) is 30.3 Å². The molecule has 0 aliphatic heterocycles. The molecular weight excluding hydrogens is 396 g/mol. The number of fused-ring (bicyclic) bond motifs is 1. The number of nitrogens with zero attached hydrogens (tertiary/aromatic N) is 3. The van der Waals surface area contributed by atoms with Crippen molar-refractivity contribution in [1.82, 2.24) is 5.43 Å². The van der Waals surface area contributed by atoms with Crippen molar-refractivity contribution in [3.8, 4) is 0 Å². The lowest BCUT2D eigenvalue weighted by Gasteiger charge is -2.11. The molecule has 0 atom stereocenters. The van der Waals surface area contributed by atoms with Crippen molar-refractivity contribution in [2.45, 2.75) is 13.3 Å². The Kier molecular flexibility index (Phi) is 6.36. The summed E-state index contributed by atoms with van der Waals surface area (Å²) in [6.07, 6.45) is 2.68. The van der Waals surface area contributed by atoms with Gasteiger partial charge in [-0.25, -0.2) is 4.79 Å². The van der Waals surface area contributed by atoms with Gasteiger partial charge in [0, 0.05) is 16.9 Å². The maximum absolute atomic E-state index is 12.4.